The maximum Gasteiger partial charge on any atom is 0.387 e. The Labute approximate surface area is 150 Å². The van der Waals surface area contributed by atoms with Crippen molar-refractivity contribution in [2.75, 3.05) is 6.61 Å². The Kier molecular flexibility index (Phi) is 7.72. The van der Waals surface area contributed by atoms with E-state index in [0.717, 1.165) is 6.08 Å². The van der Waals surface area contributed by atoms with Gasteiger partial charge in [0.15, 0.2) is 6.61 Å². The van der Waals surface area contributed by atoms with Gasteiger partial charge in [0.1, 0.15) is 11.3 Å². The molecule has 0 spiro atoms. The summed E-state index contributed by atoms with van der Waals surface area (Å²) in [5.74, 6) is -1.46. The van der Waals surface area contributed by atoms with E-state index in [9.17, 15) is 18.4 Å². The zero-order valence-corrected chi connectivity index (χ0v) is 14.7. The molecule has 1 aromatic rings. The summed E-state index contributed by atoms with van der Waals surface area (Å²) < 4.78 is 33.1. The fourth-order valence-electron chi connectivity index (χ4n) is 1.74. The van der Waals surface area contributed by atoms with Gasteiger partial charge in [-0.25, -0.2) is 4.79 Å². The number of hydrogen-bond donors (Lipinski definition) is 1. The molecule has 6 nitrogen and oxygen atoms in total. The van der Waals surface area contributed by atoms with E-state index in [1.165, 1.54) is 30.3 Å². The first-order valence-electron chi connectivity index (χ1n) is 7.78. The molecule has 0 saturated carbocycles. The lowest BCUT2D eigenvalue weighted by molar-refractivity contribution is -0.144. The average molecular weight is 366 g/mol. The van der Waals surface area contributed by atoms with Crippen molar-refractivity contribution in [2.24, 2.45) is 5.92 Å². The highest BCUT2D eigenvalue weighted by Gasteiger charge is 2.30. The van der Waals surface area contributed by atoms with Gasteiger partial charge in [0.2, 0.25) is 0 Å². The lowest BCUT2D eigenvalue weighted by Gasteiger charge is -2.27. The first kappa shape index (κ1) is 21.1. The molecule has 0 unspecified atom stereocenters. The minimum absolute atomic E-state index is 0.00194. The van der Waals surface area contributed by atoms with Gasteiger partial charge in [-0.2, -0.15) is 14.0 Å². The highest BCUT2D eigenvalue weighted by atomic mass is 19.3. The summed E-state index contributed by atoms with van der Waals surface area (Å²) in [5, 5.41) is 11.6. The van der Waals surface area contributed by atoms with Gasteiger partial charge < -0.3 is 14.8 Å². The van der Waals surface area contributed by atoms with E-state index in [1.54, 1.807) is 20.8 Å². The van der Waals surface area contributed by atoms with Crippen LogP contribution in [0.15, 0.2) is 30.3 Å². The minimum Gasteiger partial charge on any atom is -0.452 e. The van der Waals surface area contributed by atoms with Crippen LogP contribution in [0.4, 0.5) is 8.78 Å². The number of esters is 1. The SMILES string of the molecule is CC(C)[C@@](C)(C#N)NC(=O)COC(=O)/C=C/c1ccc(OC(F)F)cc1. The number of halogens is 2. The van der Waals surface area contributed by atoms with Gasteiger partial charge in [-0.1, -0.05) is 26.0 Å². The molecule has 1 rings (SSSR count). The quantitative estimate of drug-likeness (QED) is 0.564. The van der Waals surface area contributed by atoms with Gasteiger partial charge >= 0.3 is 12.6 Å². The number of nitriles is 1. The summed E-state index contributed by atoms with van der Waals surface area (Å²) in [4.78, 5) is 23.4. The van der Waals surface area contributed by atoms with E-state index >= 15 is 0 Å². The Bertz CT molecular complexity index is 696. The molecule has 1 N–H and O–H groups in total. The van der Waals surface area contributed by atoms with Crippen LogP contribution in [0.5, 0.6) is 5.75 Å². The van der Waals surface area contributed by atoms with Crippen LogP contribution in [0.2, 0.25) is 0 Å². The fourth-order valence-corrected chi connectivity index (χ4v) is 1.74. The Morgan fingerprint density at radius 1 is 1.31 bits per heavy atom. The molecular weight excluding hydrogens is 346 g/mol. The smallest absolute Gasteiger partial charge is 0.387 e. The molecule has 0 radical (unpaired) electrons. The number of rotatable bonds is 8. The zero-order valence-electron chi connectivity index (χ0n) is 14.7. The molecule has 0 aliphatic heterocycles. The maximum absolute atomic E-state index is 12.0. The van der Waals surface area contributed by atoms with E-state index in [-0.39, 0.29) is 11.7 Å². The van der Waals surface area contributed by atoms with Crippen LogP contribution in [0.25, 0.3) is 6.08 Å². The second-order valence-corrected chi connectivity index (χ2v) is 5.91. The topological polar surface area (TPSA) is 88.4 Å². The summed E-state index contributed by atoms with van der Waals surface area (Å²) in [6.45, 7) is 1.73. The second kappa shape index (κ2) is 9.51. The average Bonchev–Trinajstić information content (AvgIpc) is 2.58. The van der Waals surface area contributed by atoms with Crippen molar-refractivity contribution in [3.8, 4) is 11.8 Å². The number of carbonyl (C=O) groups is 2. The molecule has 26 heavy (non-hydrogen) atoms. The molecule has 1 atom stereocenters. The summed E-state index contributed by atoms with van der Waals surface area (Å²) in [7, 11) is 0. The molecule has 0 heterocycles. The van der Waals surface area contributed by atoms with Gasteiger partial charge in [-0.3, -0.25) is 4.79 Å². The van der Waals surface area contributed by atoms with Crippen LogP contribution < -0.4 is 10.1 Å². The lowest BCUT2D eigenvalue weighted by Crippen LogP contribution is -2.50. The van der Waals surface area contributed by atoms with Crippen LogP contribution in [0.3, 0.4) is 0 Å². The van der Waals surface area contributed by atoms with Crippen LogP contribution in [0.1, 0.15) is 26.3 Å². The normalized spacial score (nSPS) is 13.3. The molecule has 0 bridgehead atoms. The number of nitrogens with zero attached hydrogens (tertiary/aromatic N) is 1. The van der Waals surface area contributed by atoms with Crippen molar-refractivity contribution in [1.82, 2.24) is 5.32 Å². The van der Waals surface area contributed by atoms with Crippen molar-refractivity contribution < 1.29 is 27.8 Å². The highest BCUT2D eigenvalue weighted by molar-refractivity contribution is 5.89. The third-order valence-electron chi connectivity index (χ3n) is 3.65. The van der Waals surface area contributed by atoms with E-state index in [1.807, 2.05) is 6.07 Å². The molecule has 0 aliphatic carbocycles. The predicted molar refractivity (Wildman–Crippen MR) is 90.1 cm³/mol. The molecule has 1 aromatic carbocycles. The largest absolute Gasteiger partial charge is 0.452 e. The van der Waals surface area contributed by atoms with Crippen molar-refractivity contribution >= 4 is 18.0 Å². The van der Waals surface area contributed by atoms with Gasteiger partial charge in [0.05, 0.1) is 6.07 Å². The van der Waals surface area contributed by atoms with Crippen molar-refractivity contribution in [3.05, 3.63) is 35.9 Å². The second-order valence-electron chi connectivity index (χ2n) is 5.91. The Morgan fingerprint density at radius 2 is 1.92 bits per heavy atom. The Morgan fingerprint density at radius 3 is 2.42 bits per heavy atom. The molecule has 8 heteroatoms. The third kappa shape index (κ3) is 6.89. The number of ether oxygens (including phenoxy) is 2. The number of carbonyl (C=O) groups excluding carboxylic acids is 2. The van der Waals surface area contributed by atoms with Crippen molar-refractivity contribution in [2.45, 2.75) is 32.9 Å². The van der Waals surface area contributed by atoms with E-state index in [2.05, 4.69) is 10.1 Å². The highest BCUT2D eigenvalue weighted by Crippen LogP contribution is 2.16. The van der Waals surface area contributed by atoms with Crippen LogP contribution in [0, 0.1) is 17.2 Å². The molecule has 1 amide bonds. The zero-order chi connectivity index (χ0) is 19.7. The van der Waals surface area contributed by atoms with Gasteiger partial charge in [0, 0.05) is 6.08 Å². The number of alkyl halides is 2. The maximum atomic E-state index is 12.0. The number of nitrogens with one attached hydrogen (secondary N) is 1. The van der Waals surface area contributed by atoms with E-state index < -0.39 is 30.6 Å². The monoisotopic (exact) mass is 366 g/mol. The summed E-state index contributed by atoms with van der Waals surface area (Å²) >= 11 is 0. The fraction of sp³-hybridized carbons (Fsp3) is 0.389. The minimum atomic E-state index is -2.91. The number of benzene rings is 1. The first-order valence-corrected chi connectivity index (χ1v) is 7.78. The molecule has 140 valence electrons. The molecule has 0 saturated heterocycles. The Balaban J connectivity index is 2.50. The first-order chi connectivity index (χ1) is 12.2. The number of amides is 1. The number of hydrogen-bond acceptors (Lipinski definition) is 5. The van der Waals surface area contributed by atoms with Gasteiger partial charge in [-0.15, -0.1) is 0 Å². The summed E-state index contributed by atoms with van der Waals surface area (Å²) in [6, 6.07) is 7.64. The third-order valence-corrected chi connectivity index (χ3v) is 3.65. The molecular formula is C18H20F2N2O4. The van der Waals surface area contributed by atoms with E-state index in [0.29, 0.717) is 5.56 Å². The predicted octanol–water partition coefficient (Wildman–Crippen LogP) is 2.90. The van der Waals surface area contributed by atoms with Crippen LogP contribution in [-0.2, 0) is 14.3 Å². The lowest BCUT2D eigenvalue weighted by atomic mass is 9.90. The van der Waals surface area contributed by atoms with Gasteiger partial charge in [-0.05, 0) is 36.6 Å². The van der Waals surface area contributed by atoms with Crippen LogP contribution >= 0.6 is 0 Å². The van der Waals surface area contributed by atoms with Crippen molar-refractivity contribution in [3.63, 3.8) is 0 Å². The molecule has 0 aromatic heterocycles. The van der Waals surface area contributed by atoms with Gasteiger partial charge in [0.25, 0.3) is 5.91 Å². The molecule has 0 fully saturated rings. The van der Waals surface area contributed by atoms with E-state index in [4.69, 9.17) is 10.00 Å². The van der Waals surface area contributed by atoms with Crippen molar-refractivity contribution in [1.29, 1.82) is 5.26 Å². The Hall–Kier alpha value is -2.95. The van der Waals surface area contributed by atoms with Crippen LogP contribution in [-0.4, -0.2) is 30.6 Å². The standard InChI is InChI=1S/C18H20F2N2O4/c1-12(2)18(3,11-21)22-15(23)10-25-16(24)9-6-13-4-7-14(8-5-13)26-17(19)20/h4-9,12,17H,10H2,1-3H3,(H,22,23)/b9-6+/t18-/m1/s1. The summed E-state index contributed by atoms with van der Waals surface area (Å²) in [6.07, 6.45) is 2.50. The molecule has 0 aliphatic rings. The summed E-state index contributed by atoms with van der Waals surface area (Å²) in [5.41, 5.74) is -0.494.